The van der Waals surface area contributed by atoms with Gasteiger partial charge in [0.2, 0.25) is 5.88 Å². The number of alkyl halides is 3. The average molecular weight is 590 g/mol. The van der Waals surface area contributed by atoms with Crippen molar-refractivity contribution in [2.24, 2.45) is 0 Å². The van der Waals surface area contributed by atoms with Crippen LogP contribution in [0.2, 0.25) is 0 Å². The minimum Gasteiger partial charge on any atom is -0.496 e. The molecule has 7 nitrogen and oxygen atoms in total. The predicted molar refractivity (Wildman–Crippen MR) is 156 cm³/mol. The lowest BCUT2D eigenvalue weighted by molar-refractivity contribution is -0.0357. The molecule has 1 aliphatic carbocycles. The number of methoxy groups -OCH3 is 1. The van der Waals surface area contributed by atoms with E-state index in [-0.39, 0.29) is 38.0 Å². The Morgan fingerprint density at radius 2 is 1.90 bits per heavy atom. The minimum atomic E-state index is -2.89. The lowest BCUT2D eigenvalue weighted by Gasteiger charge is -2.43. The number of rotatable bonds is 11. The lowest BCUT2D eigenvalue weighted by Crippen LogP contribution is -2.46. The summed E-state index contributed by atoms with van der Waals surface area (Å²) in [5.74, 6) is -2.14. The van der Waals surface area contributed by atoms with Crippen molar-refractivity contribution in [2.75, 3.05) is 40.0 Å². The van der Waals surface area contributed by atoms with Crippen LogP contribution in [0.15, 0.2) is 42.1 Å². The molecule has 0 bridgehead atoms. The zero-order valence-electron chi connectivity index (χ0n) is 25.4. The van der Waals surface area contributed by atoms with Gasteiger partial charge in [0, 0.05) is 37.3 Å². The van der Waals surface area contributed by atoms with Crippen molar-refractivity contribution in [1.29, 1.82) is 0 Å². The molecule has 1 amide bonds. The summed E-state index contributed by atoms with van der Waals surface area (Å²) in [4.78, 5) is 20.4. The van der Waals surface area contributed by atoms with Gasteiger partial charge in [0.25, 0.3) is 5.92 Å². The fourth-order valence-electron chi connectivity index (χ4n) is 5.78. The van der Waals surface area contributed by atoms with Gasteiger partial charge in [-0.05, 0) is 69.2 Å². The van der Waals surface area contributed by atoms with Crippen molar-refractivity contribution in [2.45, 2.75) is 77.5 Å². The van der Waals surface area contributed by atoms with Crippen LogP contribution in [0.5, 0.6) is 11.6 Å². The van der Waals surface area contributed by atoms with Crippen LogP contribution in [0.1, 0.15) is 70.2 Å². The van der Waals surface area contributed by atoms with Crippen LogP contribution in [0.3, 0.4) is 0 Å². The molecule has 0 saturated heterocycles. The Morgan fingerprint density at radius 1 is 1.17 bits per heavy atom. The molecule has 2 aliphatic rings. The van der Waals surface area contributed by atoms with Crippen molar-refractivity contribution >= 4 is 11.7 Å². The molecule has 42 heavy (non-hydrogen) atoms. The van der Waals surface area contributed by atoms with Gasteiger partial charge in [0.15, 0.2) is 0 Å². The summed E-state index contributed by atoms with van der Waals surface area (Å²) in [7, 11) is 1.54. The number of halogens is 3. The van der Waals surface area contributed by atoms with E-state index in [4.69, 9.17) is 14.2 Å². The number of aromatic nitrogens is 1. The molecule has 0 saturated carbocycles. The maximum atomic E-state index is 14.5. The second-order valence-corrected chi connectivity index (χ2v) is 12.2. The quantitative estimate of drug-likeness (QED) is 0.285. The van der Waals surface area contributed by atoms with E-state index in [0.717, 1.165) is 12.5 Å². The molecule has 230 valence electrons. The van der Waals surface area contributed by atoms with Crippen LogP contribution in [0.4, 0.5) is 18.0 Å². The standard InChI is InChI=1S/C32H42F3N3O4/c1-21-16-24-23-11-8-7-10-22(23)17-25(24)29(38(21)20-32(5,34)35)26-19-36-28(18-27(26)40-6)41-15-14-37(13-9-12-33)30(39)42-31(2,3)4/h7-8,10-11,18-19,21,29H,9,12-17,20H2,1-6H3/t21-,29+/m1/s1. The fourth-order valence-corrected chi connectivity index (χ4v) is 5.78. The molecule has 2 atom stereocenters. The van der Waals surface area contributed by atoms with Crippen LogP contribution in [0.25, 0.3) is 5.57 Å². The fraction of sp³-hybridized carbons (Fsp3) is 0.562. The minimum absolute atomic E-state index is 0.0975. The molecule has 1 aromatic heterocycles. The Kier molecular flexibility index (Phi) is 9.75. The molecule has 2 aromatic rings. The van der Waals surface area contributed by atoms with Crippen LogP contribution >= 0.6 is 0 Å². The molecule has 10 heteroatoms. The number of ether oxygens (including phenoxy) is 3. The molecule has 0 fully saturated rings. The molecule has 0 N–H and O–H groups in total. The maximum Gasteiger partial charge on any atom is 0.410 e. The van der Waals surface area contributed by atoms with Gasteiger partial charge in [0.1, 0.15) is 18.0 Å². The summed E-state index contributed by atoms with van der Waals surface area (Å²) in [6.45, 7) is 7.77. The van der Waals surface area contributed by atoms with Crippen LogP contribution in [-0.2, 0) is 11.2 Å². The lowest BCUT2D eigenvalue weighted by atomic mass is 9.85. The number of benzene rings is 1. The second kappa shape index (κ2) is 12.9. The van der Waals surface area contributed by atoms with Gasteiger partial charge < -0.3 is 19.1 Å². The smallest absolute Gasteiger partial charge is 0.410 e. The second-order valence-electron chi connectivity index (χ2n) is 12.2. The first-order valence-electron chi connectivity index (χ1n) is 14.5. The summed E-state index contributed by atoms with van der Waals surface area (Å²) in [6.07, 6.45) is 2.65. The Labute approximate surface area is 246 Å². The highest BCUT2D eigenvalue weighted by atomic mass is 19.3. The van der Waals surface area contributed by atoms with Gasteiger partial charge in [-0.15, -0.1) is 0 Å². The van der Waals surface area contributed by atoms with Crippen molar-refractivity contribution in [3.8, 4) is 11.6 Å². The van der Waals surface area contributed by atoms with E-state index < -0.39 is 36.9 Å². The van der Waals surface area contributed by atoms with Gasteiger partial charge in [-0.1, -0.05) is 24.3 Å². The molecule has 0 spiro atoms. The van der Waals surface area contributed by atoms with Crippen molar-refractivity contribution in [1.82, 2.24) is 14.8 Å². The summed E-state index contributed by atoms with van der Waals surface area (Å²) < 4.78 is 58.9. The van der Waals surface area contributed by atoms with E-state index in [9.17, 15) is 18.0 Å². The normalized spacial score (nSPS) is 18.9. The van der Waals surface area contributed by atoms with Gasteiger partial charge in [-0.2, -0.15) is 0 Å². The van der Waals surface area contributed by atoms with Gasteiger partial charge >= 0.3 is 6.09 Å². The van der Waals surface area contributed by atoms with E-state index in [2.05, 4.69) is 17.1 Å². The molecule has 0 unspecified atom stereocenters. The molecular weight excluding hydrogens is 547 g/mol. The predicted octanol–water partition coefficient (Wildman–Crippen LogP) is 6.87. The zero-order valence-corrected chi connectivity index (χ0v) is 25.4. The Bertz CT molecular complexity index is 1290. The average Bonchev–Trinajstić information content (AvgIpc) is 3.27. The molecule has 4 rings (SSSR count). The van der Waals surface area contributed by atoms with Gasteiger partial charge in [-0.25, -0.2) is 18.6 Å². The van der Waals surface area contributed by atoms with E-state index in [1.807, 2.05) is 24.0 Å². The maximum absolute atomic E-state index is 14.5. The Morgan fingerprint density at radius 3 is 2.57 bits per heavy atom. The third kappa shape index (κ3) is 7.56. The van der Waals surface area contributed by atoms with E-state index in [1.54, 1.807) is 33.0 Å². The number of fused-ring (bicyclic) bond motifs is 2. The first kappa shape index (κ1) is 31.7. The Balaban J connectivity index is 1.58. The van der Waals surface area contributed by atoms with E-state index >= 15 is 0 Å². The van der Waals surface area contributed by atoms with Crippen LogP contribution in [-0.4, -0.2) is 78.5 Å². The number of hydrogen-bond donors (Lipinski definition) is 0. The summed E-state index contributed by atoms with van der Waals surface area (Å²) in [5, 5.41) is 0. The van der Waals surface area contributed by atoms with E-state index in [1.165, 1.54) is 28.7 Å². The molecule has 0 radical (unpaired) electrons. The van der Waals surface area contributed by atoms with Crippen molar-refractivity contribution in [3.05, 3.63) is 58.8 Å². The SMILES string of the molecule is COc1cc(OCCN(CCCF)C(=O)OC(C)(C)C)ncc1[C@@H]1C2=C(C[C@@H](C)N1CC(C)(F)F)c1ccccc1C2. The third-order valence-electron chi connectivity index (χ3n) is 7.51. The number of nitrogens with zero attached hydrogens (tertiary/aromatic N) is 3. The van der Waals surface area contributed by atoms with Crippen LogP contribution < -0.4 is 9.47 Å². The molecule has 2 heterocycles. The highest BCUT2D eigenvalue weighted by Gasteiger charge is 2.43. The van der Waals surface area contributed by atoms with Gasteiger partial charge in [0.05, 0.1) is 32.9 Å². The number of carbonyl (C=O) groups is 1. The van der Waals surface area contributed by atoms with Crippen LogP contribution in [0, 0.1) is 0 Å². The topological polar surface area (TPSA) is 64.1 Å². The first-order valence-corrected chi connectivity index (χ1v) is 14.5. The summed E-state index contributed by atoms with van der Waals surface area (Å²) >= 11 is 0. The molecule has 1 aliphatic heterocycles. The number of amides is 1. The number of hydrogen-bond acceptors (Lipinski definition) is 6. The Hall–Kier alpha value is -3.27. The van der Waals surface area contributed by atoms with Crippen molar-refractivity contribution < 1.29 is 32.2 Å². The first-order chi connectivity index (χ1) is 19.8. The van der Waals surface area contributed by atoms with Crippen molar-refractivity contribution in [3.63, 3.8) is 0 Å². The zero-order chi connectivity index (χ0) is 30.7. The highest BCUT2D eigenvalue weighted by Crippen LogP contribution is 2.50. The molecule has 1 aromatic carbocycles. The largest absolute Gasteiger partial charge is 0.496 e. The van der Waals surface area contributed by atoms with Gasteiger partial charge in [-0.3, -0.25) is 9.29 Å². The highest BCUT2D eigenvalue weighted by molar-refractivity contribution is 5.79. The monoisotopic (exact) mass is 589 g/mol. The molecular formula is C32H42F3N3O4. The third-order valence-corrected chi connectivity index (χ3v) is 7.51. The number of carbonyl (C=O) groups excluding carboxylic acids is 1. The van der Waals surface area contributed by atoms with E-state index in [0.29, 0.717) is 24.2 Å². The summed E-state index contributed by atoms with van der Waals surface area (Å²) in [6, 6.07) is 9.29. The summed E-state index contributed by atoms with van der Waals surface area (Å²) in [5.41, 5.74) is 4.68. The number of pyridine rings is 1.